The molecule has 0 aliphatic rings. The van der Waals surface area contributed by atoms with E-state index in [0.29, 0.717) is 0 Å². The summed E-state index contributed by atoms with van der Waals surface area (Å²) in [5.74, 6) is 1.71. The molecule has 2 heterocycles. The van der Waals surface area contributed by atoms with Gasteiger partial charge in [0.25, 0.3) is 0 Å². The van der Waals surface area contributed by atoms with E-state index in [9.17, 15) is 0 Å². The second kappa shape index (κ2) is 3.59. The maximum Gasteiger partial charge on any atom is 0.191 e. The second-order valence-corrected chi connectivity index (χ2v) is 5.03. The highest BCUT2D eigenvalue weighted by Crippen LogP contribution is 2.28. The fraction of sp³-hybridized carbons (Fsp3) is 0.250. The van der Waals surface area contributed by atoms with Gasteiger partial charge in [-0.05, 0) is 28.1 Å². The van der Waals surface area contributed by atoms with Crippen molar-refractivity contribution >= 4 is 27.3 Å². The zero-order valence-electron chi connectivity index (χ0n) is 7.04. The maximum absolute atomic E-state index is 4.34. The number of rotatable bonds is 2. The Morgan fingerprint density at radius 3 is 2.92 bits per heavy atom. The minimum absolute atomic E-state index is 0.785. The van der Waals surface area contributed by atoms with Crippen molar-refractivity contribution in [2.45, 2.75) is 13.3 Å². The topological polar surface area (TPSA) is 41.6 Å². The third-order valence-corrected chi connectivity index (χ3v) is 3.28. The minimum Gasteiger partial charge on any atom is -0.263 e. The van der Waals surface area contributed by atoms with Crippen LogP contribution >= 0.6 is 27.3 Å². The summed E-state index contributed by atoms with van der Waals surface area (Å²) < 4.78 is 1.10. The highest BCUT2D eigenvalue weighted by Gasteiger charge is 2.06. The molecule has 3 nitrogen and oxygen atoms in total. The molecule has 2 aromatic rings. The van der Waals surface area contributed by atoms with Crippen LogP contribution in [0.3, 0.4) is 0 Å². The van der Waals surface area contributed by atoms with Crippen LogP contribution in [-0.2, 0) is 6.42 Å². The van der Waals surface area contributed by atoms with Gasteiger partial charge in [-0.2, -0.15) is 5.10 Å². The van der Waals surface area contributed by atoms with Gasteiger partial charge in [-0.1, -0.05) is 6.92 Å². The molecule has 0 saturated carbocycles. The molecule has 13 heavy (non-hydrogen) atoms. The molecule has 2 rings (SSSR count). The standard InChI is InChI=1S/C8H8BrN3S/c1-2-7-10-8(12-11-7)5-3-4-6(9)13-5/h3-4H,2H2,1H3,(H,10,11,12). The van der Waals surface area contributed by atoms with Crippen molar-refractivity contribution in [1.82, 2.24) is 15.2 Å². The maximum atomic E-state index is 4.34. The molecule has 5 heteroatoms. The normalized spacial score (nSPS) is 10.6. The molecule has 0 saturated heterocycles. The van der Waals surface area contributed by atoms with Gasteiger partial charge in [0.2, 0.25) is 0 Å². The SMILES string of the molecule is CCc1nc(-c2ccc(Br)s2)n[nH]1. The van der Waals surface area contributed by atoms with E-state index in [1.807, 2.05) is 12.1 Å². The number of nitrogens with one attached hydrogen (secondary N) is 1. The fourth-order valence-electron chi connectivity index (χ4n) is 0.998. The molecule has 2 aromatic heterocycles. The van der Waals surface area contributed by atoms with E-state index >= 15 is 0 Å². The van der Waals surface area contributed by atoms with E-state index in [2.05, 4.69) is 38.0 Å². The Bertz CT molecular complexity index is 407. The lowest BCUT2D eigenvalue weighted by Crippen LogP contribution is -1.80. The zero-order valence-corrected chi connectivity index (χ0v) is 9.44. The Morgan fingerprint density at radius 2 is 2.38 bits per heavy atom. The average molecular weight is 258 g/mol. The quantitative estimate of drug-likeness (QED) is 0.899. The molecular weight excluding hydrogens is 250 g/mol. The Morgan fingerprint density at radius 1 is 1.54 bits per heavy atom. The predicted octanol–water partition coefficient (Wildman–Crippen LogP) is 2.86. The number of hydrogen-bond donors (Lipinski definition) is 1. The van der Waals surface area contributed by atoms with E-state index < -0.39 is 0 Å². The molecule has 0 radical (unpaired) electrons. The van der Waals surface area contributed by atoms with Crippen LogP contribution in [0.2, 0.25) is 0 Å². The van der Waals surface area contributed by atoms with Gasteiger partial charge in [0.05, 0.1) is 8.66 Å². The molecule has 0 aromatic carbocycles. The van der Waals surface area contributed by atoms with Crippen molar-refractivity contribution in [2.24, 2.45) is 0 Å². The van der Waals surface area contributed by atoms with Crippen LogP contribution in [0.1, 0.15) is 12.7 Å². The molecule has 0 aliphatic carbocycles. The molecule has 0 fully saturated rings. The van der Waals surface area contributed by atoms with Gasteiger partial charge in [0.15, 0.2) is 5.82 Å². The highest BCUT2D eigenvalue weighted by molar-refractivity contribution is 9.11. The number of nitrogens with zero attached hydrogens (tertiary/aromatic N) is 2. The summed E-state index contributed by atoms with van der Waals surface area (Å²) in [6.45, 7) is 2.05. The largest absolute Gasteiger partial charge is 0.263 e. The Kier molecular flexibility index (Phi) is 2.46. The minimum atomic E-state index is 0.785. The van der Waals surface area contributed by atoms with E-state index in [1.165, 1.54) is 0 Å². The van der Waals surface area contributed by atoms with Crippen LogP contribution in [-0.4, -0.2) is 15.2 Å². The molecule has 68 valence electrons. The molecule has 0 unspecified atom stereocenters. The first kappa shape index (κ1) is 8.90. The summed E-state index contributed by atoms with van der Waals surface area (Å²) in [5, 5.41) is 7.02. The summed E-state index contributed by atoms with van der Waals surface area (Å²) >= 11 is 5.04. The van der Waals surface area contributed by atoms with Gasteiger partial charge in [-0.15, -0.1) is 11.3 Å². The number of H-pyrrole nitrogens is 1. The third kappa shape index (κ3) is 1.81. The Balaban J connectivity index is 2.35. The van der Waals surface area contributed by atoms with E-state index in [4.69, 9.17) is 0 Å². The summed E-state index contributed by atoms with van der Waals surface area (Å²) in [5.41, 5.74) is 0. The zero-order chi connectivity index (χ0) is 9.26. The summed E-state index contributed by atoms with van der Waals surface area (Å²) in [7, 11) is 0. The Labute approximate surface area is 88.3 Å². The molecule has 0 spiro atoms. The lowest BCUT2D eigenvalue weighted by Gasteiger charge is -1.84. The summed E-state index contributed by atoms with van der Waals surface area (Å²) in [6.07, 6.45) is 0.888. The van der Waals surface area contributed by atoms with Crippen LogP contribution in [0.15, 0.2) is 15.9 Å². The number of halogens is 1. The van der Waals surface area contributed by atoms with Crippen LogP contribution in [0.25, 0.3) is 10.7 Å². The predicted molar refractivity (Wildman–Crippen MR) is 56.8 cm³/mol. The average Bonchev–Trinajstić information content (AvgIpc) is 2.71. The van der Waals surface area contributed by atoms with Crippen molar-refractivity contribution in [3.63, 3.8) is 0 Å². The lowest BCUT2D eigenvalue weighted by molar-refractivity contribution is 0.946. The molecule has 1 N–H and O–H groups in total. The number of aromatic amines is 1. The van der Waals surface area contributed by atoms with E-state index in [1.54, 1.807) is 11.3 Å². The van der Waals surface area contributed by atoms with Gasteiger partial charge in [-0.3, -0.25) is 5.10 Å². The number of hydrogen-bond acceptors (Lipinski definition) is 3. The number of aryl methyl sites for hydroxylation is 1. The molecular formula is C8H8BrN3S. The molecule has 0 atom stereocenters. The van der Waals surface area contributed by atoms with Crippen LogP contribution in [0.5, 0.6) is 0 Å². The third-order valence-electron chi connectivity index (χ3n) is 1.66. The number of thiophene rings is 1. The van der Waals surface area contributed by atoms with Crippen LogP contribution < -0.4 is 0 Å². The monoisotopic (exact) mass is 257 g/mol. The molecule has 0 amide bonds. The molecule has 0 bridgehead atoms. The van der Waals surface area contributed by atoms with Gasteiger partial charge in [0.1, 0.15) is 5.82 Å². The smallest absolute Gasteiger partial charge is 0.191 e. The summed E-state index contributed by atoms with van der Waals surface area (Å²) in [6, 6.07) is 4.01. The first-order chi connectivity index (χ1) is 6.29. The summed E-state index contributed by atoms with van der Waals surface area (Å²) in [4.78, 5) is 5.42. The van der Waals surface area contributed by atoms with Gasteiger partial charge >= 0.3 is 0 Å². The second-order valence-electron chi connectivity index (χ2n) is 2.56. The van der Waals surface area contributed by atoms with Crippen LogP contribution in [0, 0.1) is 0 Å². The van der Waals surface area contributed by atoms with Gasteiger partial charge in [-0.25, -0.2) is 4.98 Å². The van der Waals surface area contributed by atoms with Crippen molar-refractivity contribution in [1.29, 1.82) is 0 Å². The number of aromatic nitrogens is 3. The van der Waals surface area contributed by atoms with Crippen molar-refractivity contribution in [3.8, 4) is 10.7 Å². The van der Waals surface area contributed by atoms with E-state index in [-0.39, 0.29) is 0 Å². The van der Waals surface area contributed by atoms with Crippen molar-refractivity contribution < 1.29 is 0 Å². The highest BCUT2D eigenvalue weighted by atomic mass is 79.9. The van der Waals surface area contributed by atoms with E-state index in [0.717, 1.165) is 26.7 Å². The van der Waals surface area contributed by atoms with Crippen LogP contribution in [0.4, 0.5) is 0 Å². The van der Waals surface area contributed by atoms with Gasteiger partial charge < -0.3 is 0 Å². The van der Waals surface area contributed by atoms with Crippen molar-refractivity contribution in [3.05, 3.63) is 21.7 Å². The molecule has 0 aliphatic heterocycles. The van der Waals surface area contributed by atoms with Gasteiger partial charge in [0, 0.05) is 6.42 Å². The fourth-order valence-corrected chi connectivity index (χ4v) is 2.32. The van der Waals surface area contributed by atoms with Crippen molar-refractivity contribution in [2.75, 3.05) is 0 Å². The Hall–Kier alpha value is -0.680. The first-order valence-electron chi connectivity index (χ1n) is 3.96. The first-order valence-corrected chi connectivity index (χ1v) is 5.57. The lowest BCUT2D eigenvalue weighted by atomic mass is 10.4.